The minimum atomic E-state index is -0.0101. The van der Waals surface area contributed by atoms with Gasteiger partial charge in [-0.25, -0.2) is 4.98 Å². The van der Waals surface area contributed by atoms with Gasteiger partial charge in [-0.1, -0.05) is 6.07 Å². The lowest BCUT2D eigenvalue weighted by atomic mass is 10.2. The quantitative estimate of drug-likeness (QED) is 0.702. The molecular formula is C11H14N4OS. The van der Waals surface area contributed by atoms with Gasteiger partial charge >= 0.3 is 0 Å². The molecule has 0 aromatic carbocycles. The van der Waals surface area contributed by atoms with E-state index >= 15 is 0 Å². The number of thiophene rings is 1. The molecule has 17 heavy (non-hydrogen) atoms. The Morgan fingerprint density at radius 2 is 2.47 bits per heavy atom. The number of aromatic nitrogens is 2. The second kappa shape index (κ2) is 5.49. The van der Waals surface area contributed by atoms with Crippen LogP contribution in [0.4, 0.5) is 5.95 Å². The van der Waals surface area contributed by atoms with Gasteiger partial charge in [0.05, 0.1) is 11.1 Å². The number of anilines is 1. The predicted molar refractivity (Wildman–Crippen MR) is 68.0 cm³/mol. The van der Waals surface area contributed by atoms with Crippen LogP contribution < -0.4 is 11.1 Å². The van der Waals surface area contributed by atoms with Gasteiger partial charge in [0.1, 0.15) is 0 Å². The second-order valence-corrected chi connectivity index (χ2v) is 4.58. The molecule has 1 amide bonds. The summed E-state index contributed by atoms with van der Waals surface area (Å²) in [7, 11) is 0. The lowest BCUT2D eigenvalue weighted by Gasteiger charge is -2.02. The molecule has 0 aliphatic heterocycles. The normalized spacial score (nSPS) is 10.4. The molecule has 0 radical (unpaired) electrons. The van der Waals surface area contributed by atoms with Gasteiger partial charge in [-0.15, -0.1) is 11.3 Å². The summed E-state index contributed by atoms with van der Waals surface area (Å²) in [6.45, 7) is 0.648. The fourth-order valence-electron chi connectivity index (χ4n) is 1.48. The number of carbonyl (C=O) groups excluding carboxylic acids is 1. The summed E-state index contributed by atoms with van der Waals surface area (Å²) in [5.74, 6) is 0.423. The Balaban J connectivity index is 1.68. The summed E-state index contributed by atoms with van der Waals surface area (Å²) >= 11 is 1.44. The van der Waals surface area contributed by atoms with Crippen LogP contribution in [-0.2, 0) is 6.42 Å². The Hall–Kier alpha value is -1.82. The van der Waals surface area contributed by atoms with Crippen LogP contribution in [0.15, 0.2) is 23.7 Å². The van der Waals surface area contributed by atoms with Crippen LogP contribution in [-0.4, -0.2) is 22.4 Å². The molecule has 0 saturated carbocycles. The highest BCUT2D eigenvalue weighted by atomic mass is 32.1. The largest absolute Gasteiger partial charge is 0.369 e. The molecule has 2 heterocycles. The van der Waals surface area contributed by atoms with E-state index in [9.17, 15) is 4.79 Å². The molecule has 2 aromatic heterocycles. The third kappa shape index (κ3) is 3.32. The van der Waals surface area contributed by atoms with E-state index in [-0.39, 0.29) is 5.91 Å². The Morgan fingerprint density at radius 1 is 1.59 bits per heavy atom. The number of aryl methyl sites for hydroxylation is 1. The van der Waals surface area contributed by atoms with Gasteiger partial charge in [0, 0.05) is 12.2 Å². The van der Waals surface area contributed by atoms with Crippen LogP contribution in [0.5, 0.6) is 0 Å². The van der Waals surface area contributed by atoms with E-state index in [2.05, 4.69) is 15.3 Å². The van der Waals surface area contributed by atoms with Gasteiger partial charge in [0.15, 0.2) is 5.95 Å². The van der Waals surface area contributed by atoms with Crippen molar-refractivity contribution < 1.29 is 4.79 Å². The van der Waals surface area contributed by atoms with Crippen molar-refractivity contribution in [2.75, 3.05) is 12.3 Å². The standard InChI is InChI=1S/C11H14N4OS/c12-11-14-7-8(15-11)3-1-5-13-10(16)9-4-2-6-17-9/h2,4,6-7H,1,3,5H2,(H,13,16)(H3,12,14,15). The SMILES string of the molecule is Nc1ncc(CCCNC(=O)c2cccs2)[nH]1. The van der Waals surface area contributed by atoms with Crippen LogP contribution >= 0.6 is 11.3 Å². The number of carbonyl (C=O) groups is 1. The van der Waals surface area contributed by atoms with E-state index in [4.69, 9.17) is 5.73 Å². The van der Waals surface area contributed by atoms with Crippen molar-refractivity contribution in [3.8, 4) is 0 Å². The van der Waals surface area contributed by atoms with Gasteiger partial charge < -0.3 is 16.0 Å². The smallest absolute Gasteiger partial charge is 0.261 e. The first-order valence-electron chi connectivity index (χ1n) is 5.37. The van der Waals surface area contributed by atoms with Crippen molar-refractivity contribution in [1.29, 1.82) is 0 Å². The number of hydrogen-bond donors (Lipinski definition) is 3. The third-order valence-corrected chi connectivity index (χ3v) is 3.17. The lowest BCUT2D eigenvalue weighted by molar-refractivity contribution is 0.0957. The molecule has 5 nitrogen and oxygen atoms in total. The number of nitrogens with two attached hydrogens (primary N) is 1. The van der Waals surface area contributed by atoms with Crippen molar-refractivity contribution >= 4 is 23.2 Å². The Bertz CT molecular complexity index is 477. The number of hydrogen-bond acceptors (Lipinski definition) is 4. The topological polar surface area (TPSA) is 83.8 Å². The number of amides is 1. The van der Waals surface area contributed by atoms with Crippen LogP contribution in [0.25, 0.3) is 0 Å². The van der Waals surface area contributed by atoms with Gasteiger partial charge in [-0.05, 0) is 24.3 Å². The molecule has 0 atom stereocenters. The molecule has 2 rings (SSSR count). The number of nitrogen functional groups attached to an aromatic ring is 1. The van der Waals surface area contributed by atoms with E-state index in [1.165, 1.54) is 11.3 Å². The van der Waals surface area contributed by atoms with Crippen molar-refractivity contribution in [3.05, 3.63) is 34.3 Å². The van der Waals surface area contributed by atoms with Crippen LogP contribution in [0.2, 0.25) is 0 Å². The number of nitrogens with zero attached hydrogens (tertiary/aromatic N) is 1. The molecule has 0 unspecified atom stereocenters. The minimum absolute atomic E-state index is 0.0101. The number of nitrogens with one attached hydrogen (secondary N) is 2. The monoisotopic (exact) mass is 250 g/mol. The molecule has 0 saturated heterocycles. The van der Waals surface area contributed by atoms with E-state index in [0.29, 0.717) is 12.5 Å². The van der Waals surface area contributed by atoms with Crippen LogP contribution in [0.1, 0.15) is 21.8 Å². The zero-order valence-corrected chi connectivity index (χ0v) is 10.1. The number of H-pyrrole nitrogens is 1. The molecule has 0 aliphatic carbocycles. The fourth-order valence-corrected chi connectivity index (χ4v) is 2.12. The second-order valence-electron chi connectivity index (χ2n) is 3.63. The Morgan fingerprint density at radius 3 is 3.12 bits per heavy atom. The number of rotatable bonds is 5. The lowest BCUT2D eigenvalue weighted by Crippen LogP contribution is -2.23. The maximum atomic E-state index is 11.6. The van der Waals surface area contributed by atoms with Gasteiger partial charge in [0.2, 0.25) is 0 Å². The molecule has 2 aromatic rings. The zero-order chi connectivity index (χ0) is 12.1. The first kappa shape index (κ1) is 11.7. The fraction of sp³-hybridized carbons (Fsp3) is 0.273. The van der Waals surface area contributed by atoms with E-state index in [1.54, 1.807) is 6.20 Å². The van der Waals surface area contributed by atoms with Gasteiger partial charge in [0.25, 0.3) is 5.91 Å². The summed E-state index contributed by atoms with van der Waals surface area (Å²) in [6.07, 6.45) is 3.41. The van der Waals surface area contributed by atoms with Crippen LogP contribution in [0, 0.1) is 0 Å². The van der Waals surface area contributed by atoms with E-state index < -0.39 is 0 Å². The highest BCUT2D eigenvalue weighted by Gasteiger charge is 2.05. The zero-order valence-electron chi connectivity index (χ0n) is 9.27. The summed E-state index contributed by atoms with van der Waals surface area (Å²) in [5.41, 5.74) is 6.45. The average molecular weight is 250 g/mol. The minimum Gasteiger partial charge on any atom is -0.369 e. The summed E-state index contributed by atoms with van der Waals surface area (Å²) in [5, 5.41) is 4.76. The first-order chi connectivity index (χ1) is 8.25. The highest BCUT2D eigenvalue weighted by molar-refractivity contribution is 7.12. The van der Waals surface area contributed by atoms with Crippen LogP contribution in [0.3, 0.4) is 0 Å². The van der Waals surface area contributed by atoms with Crippen molar-refractivity contribution in [3.63, 3.8) is 0 Å². The Kier molecular flexibility index (Phi) is 3.77. The molecule has 0 aliphatic rings. The average Bonchev–Trinajstić information content (AvgIpc) is 2.95. The Labute approximate surface area is 103 Å². The first-order valence-corrected chi connectivity index (χ1v) is 6.25. The summed E-state index contributed by atoms with van der Waals surface area (Å²) < 4.78 is 0. The molecule has 4 N–H and O–H groups in total. The molecule has 6 heteroatoms. The van der Waals surface area contributed by atoms with E-state index in [1.807, 2.05) is 17.5 Å². The third-order valence-electron chi connectivity index (χ3n) is 2.30. The number of imidazole rings is 1. The molecule has 90 valence electrons. The summed E-state index contributed by atoms with van der Waals surface area (Å²) in [4.78, 5) is 19.2. The van der Waals surface area contributed by atoms with Crippen molar-refractivity contribution in [2.45, 2.75) is 12.8 Å². The van der Waals surface area contributed by atoms with Crippen molar-refractivity contribution in [1.82, 2.24) is 15.3 Å². The number of aromatic amines is 1. The highest BCUT2D eigenvalue weighted by Crippen LogP contribution is 2.07. The molecular weight excluding hydrogens is 236 g/mol. The molecule has 0 fully saturated rings. The molecule has 0 spiro atoms. The maximum Gasteiger partial charge on any atom is 0.261 e. The van der Waals surface area contributed by atoms with Crippen molar-refractivity contribution in [2.24, 2.45) is 0 Å². The van der Waals surface area contributed by atoms with Gasteiger partial charge in [-0.3, -0.25) is 4.79 Å². The maximum absolute atomic E-state index is 11.6. The predicted octanol–water partition coefficient (Wildman–Crippen LogP) is 1.42. The summed E-state index contributed by atoms with van der Waals surface area (Å²) in [6, 6.07) is 3.68. The van der Waals surface area contributed by atoms with E-state index in [0.717, 1.165) is 23.4 Å². The van der Waals surface area contributed by atoms with Gasteiger partial charge in [-0.2, -0.15) is 0 Å². The molecule has 0 bridgehead atoms.